The van der Waals surface area contributed by atoms with Crippen LogP contribution in [0, 0.1) is 0 Å². The summed E-state index contributed by atoms with van der Waals surface area (Å²) in [6, 6.07) is 7.00. The minimum atomic E-state index is 0.291. The summed E-state index contributed by atoms with van der Waals surface area (Å²) in [5.74, 6) is 0. The van der Waals surface area contributed by atoms with E-state index in [0.29, 0.717) is 5.41 Å². The maximum absolute atomic E-state index is 2.52. The summed E-state index contributed by atoms with van der Waals surface area (Å²) in [5.41, 5.74) is 4.64. The Labute approximate surface area is 104 Å². The summed E-state index contributed by atoms with van der Waals surface area (Å²) < 4.78 is 0. The molecule has 17 heavy (non-hydrogen) atoms. The minimum absolute atomic E-state index is 0.291. The number of hydrogen-bond acceptors (Lipinski definition) is 1. The van der Waals surface area contributed by atoms with Crippen molar-refractivity contribution in [1.82, 2.24) is 0 Å². The number of benzene rings is 1. The lowest BCUT2D eigenvalue weighted by atomic mass is 9.76. The van der Waals surface area contributed by atoms with E-state index < -0.39 is 0 Å². The van der Waals surface area contributed by atoms with Crippen LogP contribution in [-0.2, 0) is 5.41 Å². The van der Waals surface area contributed by atoms with E-state index in [4.69, 9.17) is 0 Å². The Bertz CT molecular complexity index is 451. The zero-order valence-corrected chi connectivity index (χ0v) is 10.9. The molecule has 0 amide bonds. The molecule has 1 aliphatic carbocycles. The zero-order chi connectivity index (χ0) is 11.9. The van der Waals surface area contributed by atoms with Crippen molar-refractivity contribution >= 4 is 11.8 Å². The van der Waals surface area contributed by atoms with Crippen molar-refractivity contribution in [3.8, 4) is 0 Å². The van der Waals surface area contributed by atoms with Crippen LogP contribution in [0.5, 0.6) is 0 Å². The Balaban J connectivity index is 2.02. The molecule has 0 spiro atoms. The highest BCUT2D eigenvalue weighted by Crippen LogP contribution is 2.37. The topological polar surface area (TPSA) is 3.24 Å². The highest BCUT2D eigenvalue weighted by Gasteiger charge is 2.25. The van der Waals surface area contributed by atoms with E-state index in [1.807, 2.05) is 0 Å². The van der Waals surface area contributed by atoms with Gasteiger partial charge in [-0.25, -0.2) is 0 Å². The first-order chi connectivity index (χ1) is 8.17. The molecule has 1 aromatic rings. The lowest BCUT2D eigenvalue weighted by Gasteiger charge is -2.31. The van der Waals surface area contributed by atoms with Gasteiger partial charge >= 0.3 is 0 Å². The third-order valence-corrected chi connectivity index (χ3v) is 4.16. The Morgan fingerprint density at radius 2 is 1.88 bits per heavy atom. The van der Waals surface area contributed by atoms with Crippen molar-refractivity contribution in [3.63, 3.8) is 0 Å². The summed E-state index contributed by atoms with van der Waals surface area (Å²) in [7, 11) is 0. The first-order valence-electron chi connectivity index (χ1n) is 6.73. The highest BCUT2D eigenvalue weighted by atomic mass is 15.1. The molecule has 0 saturated carbocycles. The van der Waals surface area contributed by atoms with Gasteiger partial charge in [-0.15, -0.1) is 0 Å². The number of anilines is 1. The van der Waals surface area contributed by atoms with Gasteiger partial charge in [-0.2, -0.15) is 0 Å². The molecule has 2 aliphatic rings. The van der Waals surface area contributed by atoms with Gasteiger partial charge in [0.25, 0.3) is 0 Å². The molecule has 0 unspecified atom stereocenters. The molecule has 3 rings (SSSR count). The van der Waals surface area contributed by atoms with Crippen molar-refractivity contribution in [3.05, 3.63) is 35.4 Å². The Morgan fingerprint density at radius 3 is 2.65 bits per heavy atom. The van der Waals surface area contributed by atoms with E-state index in [-0.39, 0.29) is 0 Å². The highest BCUT2D eigenvalue weighted by molar-refractivity contribution is 5.64. The Morgan fingerprint density at radius 1 is 1.12 bits per heavy atom. The quantitative estimate of drug-likeness (QED) is 0.701. The first kappa shape index (κ1) is 10.9. The zero-order valence-electron chi connectivity index (χ0n) is 10.9. The second-order valence-corrected chi connectivity index (χ2v) is 5.96. The largest absolute Gasteiger partial charge is 0.372 e. The third kappa shape index (κ3) is 1.88. The van der Waals surface area contributed by atoms with Gasteiger partial charge in [-0.05, 0) is 47.9 Å². The lowest BCUT2D eigenvalue weighted by Crippen LogP contribution is -2.22. The summed E-state index contributed by atoms with van der Waals surface area (Å²) in [6.07, 6.45) is 8.43. The van der Waals surface area contributed by atoms with E-state index in [2.05, 4.69) is 49.1 Å². The molecule has 1 nitrogen and oxygen atoms in total. The van der Waals surface area contributed by atoms with E-state index >= 15 is 0 Å². The number of fused-ring (bicyclic) bond motifs is 1. The average Bonchev–Trinajstić information content (AvgIpc) is 2.82. The monoisotopic (exact) mass is 227 g/mol. The minimum Gasteiger partial charge on any atom is -0.372 e. The standard InChI is InChI=1S/C16H21N/c1-16(2)9-5-6-13-7-8-14(12-15(13)16)17-10-3-4-11-17/h5-8,12H,3-4,9-11H2,1-2H3. The molecular formula is C16H21N. The molecule has 1 heterocycles. The third-order valence-electron chi connectivity index (χ3n) is 4.16. The van der Waals surface area contributed by atoms with Crippen LogP contribution in [0.4, 0.5) is 5.69 Å². The smallest absolute Gasteiger partial charge is 0.0369 e. The van der Waals surface area contributed by atoms with Crippen molar-refractivity contribution in [2.45, 2.75) is 38.5 Å². The first-order valence-corrected chi connectivity index (χ1v) is 6.73. The Hall–Kier alpha value is -1.24. The molecule has 0 radical (unpaired) electrons. The fourth-order valence-electron chi connectivity index (χ4n) is 3.04. The second-order valence-electron chi connectivity index (χ2n) is 5.96. The molecule has 90 valence electrons. The number of hydrogen-bond donors (Lipinski definition) is 0. The van der Waals surface area contributed by atoms with E-state index in [1.165, 1.54) is 42.7 Å². The van der Waals surface area contributed by atoms with Gasteiger partial charge in [0.1, 0.15) is 0 Å². The SMILES string of the molecule is CC1(C)CC=Cc2ccc(N3CCCC3)cc21. The predicted molar refractivity (Wildman–Crippen MR) is 74.6 cm³/mol. The van der Waals surface area contributed by atoms with Gasteiger partial charge < -0.3 is 4.90 Å². The van der Waals surface area contributed by atoms with Gasteiger partial charge in [-0.3, -0.25) is 0 Å². The molecule has 1 saturated heterocycles. The van der Waals surface area contributed by atoms with Crippen LogP contribution in [0.2, 0.25) is 0 Å². The van der Waals surface area contributed by atoms with Crippen molar-refractivity contribution in [2.75, 3.05) is 18.0 Å². The normalized spacial score (nSPS) is 21.6. The number of nitrogens with zero attached hydrogens (tertiary/aromatic N) is 1. The summed E-state index contributed by atoms with van der Waals surface area (Å²) in [6.45, 7) is 7.16. The molecule has 0 atom stereocenters. The molecule has 1 aliphatic heterocycles. The molecule has 1 fully saturated rings. The Kier molecular flexibility index (Phi) is 2.50. The maximum Gasteiger partial charge on any atom is 0.0369 e. The van der Waals surface area contributed by atoms with Gasteiger partial charge in [0, 0.05) is 18.8 Å². The average molecular weight is 227 g/mol. The number of allylic oxidation sites excluding steroid dienone is 1. The number of rotatable bonds is 1. The van der Waals surface area contributed by atoms with Crippen LogP contribution < -0.4 is 4.90 Å². The predicted octanol–water partition coefficient (Wildman–Crippen LogP) is 3.98. The summed E-state index contributed by atoms with van der Waals surface area (Å²) in [5, 5.41) is 0. The second kappa shape index (κ2) is 3.90. The summed E-state index contributed by atoms with van der Waals surface area (Å²) in [4.78, 5) is 2.52. The van der Waals surface area contributed by atoms with Crippen molar-refractivity contribution < 1.29 is 0 Å². The van der Waals surface area contributed by atoms with E-state index in [1.54, 1.807) is 0 Å². The molecule has 1 aromatic carbocycles. The van der Waals surface area contributed by atoms with Crippen molar-refractivity contribution in [1.29, 1.82) is 0 Å². The molecule has 0 aromatic heterocycles. The van der Waals surface area contributed by atoms with Gasteiger partial charge in [0.15, 0.2) is 0 Å². The lowest BCUT2D eigenvalue weighted by molar-refractivity contribution is 0.529. The molecule has 1 heteroatoms. The molecule has 0 bridgehead atoms. The van der Waals surface area contributed by atoms with Crippen LogP contribution in [0.1, 0.15) is 44.2 Å². The fraction of sp³-hybridized carbons (Fsp3) is 0.500. The van der Waals surface area contributed by atoms with Crippen LogP contribution in [0.15, 0.2) is 24.3 Å². The maximum atomic E-state index is 2.52. The van der Waals surface area contributed by atoms with Crippen LogP contribution >= 0.6 is 0 Å². The van der Waals surface area contributed by atoms with Crippen molar-refractivity contribution in [2.24, 2.45) is 0 Å². The van der Waals surface area contributed by atoms with E-state index in [0.717, 1.165) is 6.42 Å². The van der Waals surface area contributed by atoms with Gasteiger partial charge in [0.05, 0.1) is 0 Å². The van der Waals surface area contributed by atoms with Crippen LogP contribution in [-0.4, -0.2) is 13.1 Å². The fourth-order valence-corrected chi connectivity index (χ4v) is 3.04. The van der Waals surface area contributed by atoms with Crippen LogP contribution in [0.3, 0.4) is 0 Å². The van der Waals surface area contributed by atoms with Crippen LogP contribution in [0.25, 0.3) is 6.08 Å². The van der Waals surface area contributed by atoms with Gasteiger partial charge in [0.2, 0.25) is 0 Å². The molecule has 0 N–H and O–H groups in total. The van der Waals surface area contributed by atoms with Gasteiger partial charge in [-0.1, -0.05) is 32.1 Å². The summed E-state index contributed by atoms with van der Waals surface area (Å²) >= 11 is 0. The molecular weight excluding hydrogens is 206 g/mol. The van der Waals surface area contributed by atoms with E-state index in [9.17, 15) is 0 Å².